The largest absolute Gasteiger partial charge is 0.389 e. The van der Waals surface area contributed by atoms with Gasteiger partial charge in [-0.15, -0.1) is 0 Å². The summed E-state index contributed by atoms with van der Waals surface area (Å²) < 4.78 is 0. The van der Waals surface area contributed by atoms with Crippen LogP contribution in [0.15, 0.2) is 42.5 Å². The molecule has 0 aliphatic carbocycles. The topological polar surface area (TPSA) is 30.0 Å². The Morgan fingerprint density at radius 1 is 0.838 bits per heavy atom. The maximum Gasteiger partial charge on any atom is 0.0775 e. The highest BCUT2D eigenvalue weighted by Gasteiger charge is 2.38. The third-order valence-corrected chi connectivity index (χ3v) is 8.92. The van der Waals surface area contributed by atoms with Crippen LogP contribution in [0, 0.1) is 11.3 Å². The van der Waals surface area contributed by atoms with Crippen molar-refractivity contribution in [3.8, 4) is 0 Å². The number of halogens is 3. The lowest BCUT2D eigenvalue weighted by molar-refractivity contribution is -0.0545. The molecule has 2 aromatic carbocycles. The zero-order valence-corrected chi connectivity index (χ0v) is 25.0. The number of anilines is 1. The number of β-amino-alcohol motifs (C(OH)–C–C–N with tert-alkyl or cyclic N) is 1. The SMILES string of the molecule is CC(C)(C)CCN1CCC(C(C)(O)CN2CCN(c3ccc(Cl)cc3Cl)C(c3ccc(Cl)cc3)C2)CC1. The first-order valence-corrected chi connectivity index (χ1v) is 14.7. The fourth-order valence-corrected chi connectivity index (χ4v) is 6.45. The Labute approximate surface area is 238 Å². The van der Waals surface area contributed by atoms with Gasteiger partial charge in [0.1, 0.15) is 0 Å². The predicted octanol–water partition coefficient (Wildman–Crippen LogP) is 7.41. The molecule has 7 heteroatoms. The summed E-state index contributed by atoms with van der Waals surface area (Å²) in [5.74, 6) is 0.316. The van der Waals surface area contributed by atoms with Gasteiger partial charge in [0.25, 0.3) is 0 Å². The Kier molecular flexibility index (Phi) is 9.42. The lowest BCUT2D eigenvalue weighted by atomic mass is 9.80. The second kappa shape index (κ2) is 12.0. The zero-order valence-electron chi connectivity index (χ0n) is 22.7. The number of piperidine rings is 1. The van der Waals surface area contributed by atoms with Gasteiger partial charge in [0.05, 0.1) is 22.4 Å². The second-order valence-electron chi connectivity index (χ2n) is 12.4. The molecule has 2 fully saturated rings. The molecule has 2 aliphatic heterocycles. The van der Waals surface area contributed by atoms with Gasteiger partial charge in [-0.25, -0.2) is 0 Å². The lowest BCUT2D eigenvalue weighted by Gasteiger charge is -2.47. The summed E-state index contributed by atoms with van der Waals surface area (Å²) in [6, 6.07) is 13.9. The summed E-state index contributed by atoms with van der Waals surface area (Å²) in [4.78, 5) is 7.36. The minimum atomic E-state index is -0.721. The van der Waals surface area contributed by atoms with Crippen molar-refractivity contribution < 1.29 is 5.11 Å². The third kappa shape index (κ3) is 7.77. The van der Waals surface area contributed by atoms with Crippen LogP contribution in [0.4, 0.5) is 5.69 Å². The molecule has 2 saturated heterocycles. The number of hydrogen-bond donors (Lipinski definition) is 1. The van der Waals surface area contributed by atoms with Crippen molar-refractivity contribution in [2.45, 2.75) is 58.6 Å². The average Bonchev–Trinajstić information content (AvgIpc) is 2.83. The zero-order chi connectivity index (χ0) is 26.8. The molecule has 4 rings (SSSR count). The van der Waals surface area contributed by atoms with Gasteiger partial charge in [0, 0.05) is 36.2 Å². The third-order valence-electron chi connectivity index (χ3n) is 8.13. The number of likely N-dealkylation sites (tertiary alicyclic amines) is 1. The smallest absolute Gasteiger partial charge is 0.0775 e. The molecule has 0 amide bonds. The van der Waals surface area contributed by atoms with Crippen LogP contribution in [0.5, 0.6) is 0 Å². The number of benzene rings is 2. The van der Waals surface area contributed by atoms with E-state index in [-0.39, 0.29) is 6.04 Å². The fourth-order valence-electron chi connectivity index (χ4n) is 5.81. The predicted molar refractivity (Wildman–Crippen MR) is 158 cm³/mol. The minimum Gasteiger partial charge on any atom is -0.389 e. The second-order valence-corrected chi connectivity index (χ2v) is 13.7. The van der Waals surface area contributed by atoms with Crippen LogP contribution < -0.4 is 4.90 Å². The highest BCUT2D eigenvalue weighted by molar-refractivity contribution is 6.36. The standard InChI is InChI=1S/C30H42Cl3N3O/c1-29(2,3)13-16-34-14-11-23(12-15-34)30(4,37)21-35-17-18-36(27-10-9-25(32)19-26(27)33)28(20-35)22-5-7-24(31)8-6-22/h5-10,19,23,28,37H,11-18,20-21H2,1-4H3. The molecule has 4 nitrogen and oxygen atoms in total. The number of aliphatic hydroxyl groups is 1. The summed E-state index contributed by atoms with van der Waals surface area (Å²) in [6.45, 7) is 15.4. The van der Waals surface area contributed by atoms with Crippen LogP contribution >= 0.6 is 34.8 Å². The van der Waals surface area contributed by atoms with E-state index >= 15 is 0 Å². The number of nitrogens with zero attached hydrogens (tertiary/aromatic N) is 3. The molecule has 2 aliphatic rings. The quantitative estimate of drug-likeness (QED) is 0.378. The van der Waals surface area contributed by atoms with E-state index in [9.17, 15) is 5.11 Å². The minimum absolute atomic E-state index is 0.0970. The maximum atomic E-state index is 11.7. The number of piperazine rings is 1. The number of hydrogen-bond acceptors (Lipinski definition) is 4. The van der Waals surface area contributed by atoms with E-state index in [0.717, 1.165) is 62.8 Å². The molecule has 0 saturated carbocycles. The van der Waals surface area contributed by atoms with Crippen LogP contribution in [0.1, 0.15) is 58.6 Å². The monoisotopic (exact) mass is 565 g/mol. The lowest BCUT2D eigenvalue weighted by Crippen LogP contribution is -2.55. The Morgan fingerprint density at radius 2 is 1.49 bits per heavy atom. The van der Waals surface area contributed by atoms with Crippen LogP contribution in [0.2, 0.25) is 15.1 Å². The van der Waals surface area contributed by atoms with Gasteiger partial charge in [0.2, 0.25) is 0 Å². The van der Waals surface area contributed by atoms with Crippen LogP contribution in [0.25, 0.3) is 0 Å². The van der Waals surface area contributed by atoms with Gasteiger partial charge in [-0.2, -0.15) is 0 Å². The van der Waals surface area contributed by atoms with Crippen molar-refractivity contribution in [1.82, 2.24) is 9.80 Å². The Bertz CT molecular complexity index is 1030. The van der Waals surface area contributed by atoms with E-state index in [1.807, 2.05) is 37.3 Å². The molecule has 2 aromatic rings. The average molecular weight is 567 g/mol. The van der Waals surface area contributed by atoms with Crippen molar-refractivity contribution in [2.75, 3.05) is 50.7 Å². The van der Waals surface area contributed by atoms with E-state index < -0.39 is 5.60 Å². The van der Waals surface area contributed by atoms with Gasteiger partial charge < -0.3 is 14.9 Å². The molecule has 37 heavy (non-hydrogen) atoms. The van der Waals surface area contributed by atoms with Crippen LogP contribution in [0.3, 0.4) is 0 Å². The highest BCUT2D eigenvalue weighted by Crippen LogP contribution is 2.38. The van der Waals surface area contributed by atoms with Gasteiger partial charge in [0.15, 0.2) is 0 Å². The van der Waals surface area contributed by atoms with Gasteiger partial charge in [-0.05, 0) is 93.0 Å². The molecule has 2 unspecified atom stereocenters. The summed E-state index contributed by atoms with van der Waals surface area (Å²) in [5, 5.41) is 13.7. The van der Waals surface area contributed by atoms with Gasteiger partial charge in [-0.1, -0.05) is 67.7 Å². The molecule has 0 radical (unpaired) electrons. The van der Waals surface area contributed by atoms with E-state index in [1.54, 1.807) is 0 Å². The van der Waals surface area contributed by atoms with E-state index in [2.05, 4.69) is 47.6 Å². The first-order chi connectivity index (χ1) is 17.4. The molecule has 0 aromatic heterocycles. The molecular weight excluding hydrogens is 525 g/mol. The van der Waals surface area contributed by atoms with E-state index in [0.29, 0.717) is 27.9 Å². The van der Waals surface area contributed by atoms with E-state index in [1.165, 1.54) is 12.0 Å². The first kappa shape index (κ1) is 29.0. The Hall–Kier alpha value is -1.01. The summed E-state index contributed by atoms with van der Waals surface area (Å²) in [6.07, 6.45) is 3.32. The highest BCUT2D eigenvalue weighted by atomic mass is 35.5. The van der Waals surface area contributed by atoms with Crippen LogP contribution in [-0.2, 0) is 0 Å². The van der Waals surface area contributed by atoms with Crippen molar-refractivity contribution in [2.24, 2.45) is 11.3 Å². The van der Waals surface area contributed by atoms with E-state index in [4.69, 9.17) is 34.8 Å². The first-order valence-electron chi connectivity index (χ1n) is 13.6. The van der Waals surface area contributed by atoms with Gasteiger partial charge in [-0.3, -0.25) is 4.90 Å². The van der Waals surface area contributed by atoms with Crippen molar-refractivity contribution in [1.29, 1.82) is 0 Å². The van der Waals surface area contributed by atoms with Crippen molar-refractivity contribution in [3.63, 3.8) is 0 Å². The Balaban J connectivity index is 1.43. The van der Waals surface area contributed by atoms with Crippen LogP contribution in [-0.4, -0.2) is 66.3 Å². The molecule has 0 bridgehead atoms. The fraction of sp³-hybridized carbons (Fsp3) is 0.600. The van der Waals surface area contributed by atoms with Crippen molar-refractivity contribution in [3.05, 3.63) is 63.1 Å². The van der Waals surface area contributed by atoms with Crippen molar-refractivity contribution >= 4 is 40.5 Å². The summed E-state index contributed by atoms with van der Waals surface area (Å²) >= 11 is 19.0. The normalized spacial score (nSPS) is 22.3. The molecule has 204 valence electrons. The van der Waals surface area contributed by atoms with Gasteiger partial charge >= 0.3 is 0 Å². The molecule has 2 heterocycles. The summed E-state index contributed by atoms with van der Waals surface area (Å²) in [7, 11) is 0. The molecule has 0 spiro atoms. The molecular formula is C30H42Cl3N3O. The summed E-state index contributed by atoms with van der Waals surface area (Å²) in [5.41, 5.74) is 1.81. The maximum absolute atomic E-state index is 11.7. The number of rotatable bonds is 7. The Morgan fingerprint density at radius 3 is 2.11 bits per heavy atom. The molecule has 2 atom stereocenters. The molecule has 1 N–H and O–H groups in total.